The van der Waals surface area contributed by atoms with Crippen molar-refractivity contribution in [1.29, 1.82) is 0 Å². The second-order valence-electron chi connectivity index (χ2n) is 5.42. The van der Waals surface area contributed by atoms with Gasteiger partial charge in [-0.25, -0.2) is 0 Å². The smallest absolute Gasteiger partial charge is 0.165 e. The van der Waals surface area contributed by atoms with Gasteiger partial charge in [-0.15, -0.1) is 0 Å². The van der Waals surface area contributed by atoms with E-state index >= 15 is 0 Å². The standard InChI is InChI=1S/C18H38O4/c1-6-11-12-13-14-15-16(17(19-7-2)20-8-3)18(21-9-4)22-10-5/h16-18H,6-15H2,1-5H3. The van der Waals surface area contributed by atoms with Crippen LogP contribution in [0.3, 0.4) is 0 Å². The van der Waals surface area contributed by atoms with E-state index in [2.05, 4.69) is 6.92 Å². The fourth-order valence-electron chi connectivity index (χ4n) is 2.63. The summed E-state index contributed by atoms with van der Waals surface area (Å²) in [6, 6.07) is 0. The average Bonchev–Trinajstić information content (AvgIpc) is 2.51. The van der Waals surface area contributed by atoms with Gasteiger partial charge in [0.05, 0.1) is 5.92 Å². The molecule has 22 heavy (non-hydrogen) atoms. The van der Waals surface area contributed by atoms with Crippen LogP contribution in [0.5, 0.6) is 0 Å². The van der Waals surface area contributed by atoms with E-state index in [0.29, 0.717) is 26.4 Å². The van der Waals surface area contributed by atoms with Gasteiger partial charge in [0, 0.05) is 26.4 Å². The highest BCUT2D eigenvalue weighted by Gasteiger charge is 2.31. The van der Waals surface area contributed by atoms with Crippen molar-refractivity contribution in [1.82, 2.24) is 0 Å². The van der Waals surface area contributed by atoms with Gasteiger partial charge in [-0.1, -0.05) is 39.0 Å². The Bertz CT molecular complexity index is 195. The first-order chi connectivity index (χ1) is 10.7. The molecule has 0 heterocycles. The first-order valence-corrected chi connectivity index (χ1v) is 9.21. The van der Waals surface area contributed by atoms with E-state index < -0.39 is 0 Å². The van der Waals surface area contributed by atoms with Crippen molar-refractivity contribution >= 4 is 0 Å². The predicted octanol–water partition coefficient (Wildman–Crippen LogP) is 4.76. The second kappa shape index (κ2) is 15.7. The Morgan fingerprint density at radius 3 is 1.32 bits per heavy atom. The molecule has 134 valence electrons. The van der Waals surface area contributed by atoms with Crippen LogP contribution >= 0.6 is 0 Å². The van der Waals surface area contributed by atoms with E-state index in [1.54, 1.807) is 0 Å². The summed E-state index contributed by atoms with van der Waals surface area (Å²) in [5, 5.41) is 0. The third-order valence-electron chi connectivity index (χ3n) is 3.66. The molecule has 0 aromatic rings. The highest BCUT2D eigenvalue weighted by atomic mass is 16.7. The predicted molar refractivity (Wildman–Crippen MR) is 90.9 cm³/mol. The van der Waals surface area contributed by atoms with Gasteiger partial charge in [-0.2, -0.15) is 0 Å². The van der Waals surface area contributed by atoms with Gasteiger partial charge in [0.2, 0.25) is 0 Å². The zero-order valence-electron chi connectivity index (χ0n) is 15.4. The van der Waals surface area contributed by atoms with E-state index in [1.165, 1.54) is 25.7 Å². The lowest BCUT2D eigenvalue weighted by Gasteiger charge is -2.32. The summed E-state index contributed by atoms with van der Waals surface area (Å²) < 4.78 is 23.3. The quantitative estimate of drug-likeness (QED) is 0.304. The van der Waals surface area contributed by atoms with Crippen molar-refractivity contribution in [2.45, 2.75) is 85.7 Å². The molecule has 0 aromatic heterocycles. The minimum atomic E-state index is -0.246. The molecule has 4 heteroatoms. The van der Waals surface area contributed by atoms with Gasteiger partial charge in [0.25, 0.3) is 0 Å². The number of hydrogen-bond acceptors (Lipinski definition) is 4. The Kier molecular flexibility index (Phi) is 15.6. The second-order valence-corrected chi connectivity index (χ2v) is 5.42. The molecule has 0 amide bonds. The molecule has 0 aliphatic rings. The molecule has 0 unspecified atom stereocenters. The summed E-state index contributed by atoms with van der Waals surface area (Å²) >= 11 is 0. The van der Waals surface area contributed by atoms with Crippen molar-refractivity contribution in [2.24, 2.45) is 5.92 Å². The van der Waals surface area contributed by atoms with E-state index in [0.717, 1.165) is 12.8 Å². The van der Waals surface area contributed by atoms with E-state index in [1.807, 2.05) is 27.7 Å². The molecular formula is C18H38O4. The molecular weight excluding hydrogens is 280 g/mol. The van der Waals surface area contributed by atoms with Crippen LogP contribution in [0.2, 0.25) is 0 Å². The molecule has 0 radical (unpaired) electrons. The van der Waals surface area contributed by atoms with Crippen LogP contribution in [0, 0.1) is 5.92 Å². The Balaban J connectivity index is 4.67. The molecule has 0 atom stereocenters. The van der Waals surface area contributed by atoms with Crippen LogP contribution in [0.25, 0.3) is 0 Å². The lowest BCUT2D eigenvalue weighted by Crippen LogP contribution is -2.39. The van der Waals surface area contributed by atoms with Crippen LogP contribution in [-0.4, -0.2) is 39.0 Å². The minimum absolute atomic E-state index is 0.126. The van der Waals surface area contributed by atoms with Gasteiger partial charge in [0.15, 0.2) is 12.6 Å². The number of hydrogen-bond donors (Lipinski definition) is 0. The molecule has 4 nitrogen and oxygen atoms in total. The monoisotopic (exact) mass is 318 g/mol. The first-order valence-electron chi connectivity index (χ1n) is 9.21. The van der Waals surface area contributed by atoms with Crippen LogP contribution in [0.15, 0.2) is 0 Å². The zero-order valence-corrected chi connectivity index (χ0v) is 15.4. The Hall–Kier alpha value is -0.160. The maximum absolute atomic E-state index is 5.81. The van der Waals surface area contributed by atoms with E-state index in [9.17, 15) is 0 Å². The van der Waals surface area contributed by atoms with Crippen LogP contribution in [0.1, 0.15) is 73.1 Å². The molecule has 0 aliphatic carbocycles. The summed E-state index contributed by atoms with van der Waals surface area (Å²) in [6.45, 7) is 12.8. The van der Waals surface area contributed by atoms with Crippen LogP contribution < -0.4 is 0 Å². The fourth-order valence-corrected chi connectivity index (χ4v) is 2.63. The van der Waals surface area contributed by atoms with Crippen molar-refractivity contribution in [3.8, 4) is 0 Å². The van der Waals surface area contributed by atoms with Gasteiger partial charge >= 0.3 is 0 Å². The lowest BCUT2D eigenvalue weighted by atomic mass is 9.98. The fraction of sp³-hybridized carbons (Fsp3) is 1.00. The van der Waals surface area contributed by atoms with Gasteiger partial charge < -0.3 is 18.9 Å². The number of rotatable bonds is 16. The summed E-state index contributed by atoms with van der Waals surface area (Å²) in [5.41, 5.74) is 0. The van der Waals surface area contributed by atoms with Gasteiger partial charge in [0.1, 0.15) is 0 Å². The molecule has 0 bridgehead atoms. The van der Waals surface area contributed by atoms with Crippen LogP contribution in [0.4, 0.5) is 0 Å². The molecule has 0 aromatic carbocycles. The van der Waals surface area contributed by atoms with Crippen molar-refractivity contribution in [2.75, 3.05) is 26.4 Å². The SMILES string of the molecule is CCCCCCCC(C(OCC)OCC)C(OCC)OCC. The Morgan fingerprint density at radius 2 is 0.955 bits per heavy atom. The van der Waals surface area contributed by atoms with Crippen molar-refractivity contribution < 1.29 is 18.9 Å². The normalized spacial score (nSPS) is 12.0. The maximum Gasteiger partial charge on any atom is 0.165 e. The van der Waals surface area contributed by atoms with E-state index in [4.69, 9.17) is 18.9 Å². The Morgan fingerprint density at radius 1 is 0.545 bits per heavy atom. The third kappa shape index (κ3) is 9.78. The average molecular weight is 318 g/mol. The third-order valence-corrected chi connectivity index (χ3v) is 3.66. The summed E-state index contributed by atoms with van der Waals surface area (Å²) in [4.78, 5) is 0. The molecule has 0 saturated carbocycles. The topological polar surface area (TPSA) is 36.9 Å². The Labute approximate surface area is 137 Å². The zero-order chi connectivity index (χ0) is 16.6. The van der Waals surface area contributed by atoms with Gasteiger partial charge in [-0.05, 0) is 34.1 Å². The maximum atomic E-state index is 5.81. The molecule has 0 saturated heterocycles. The minimum Gasteiger partial charge on any atom is -0.352 e. The molecule has 0 rings (SSSR count). The van der Waals surface area contributed by atoms with Crippen LogP contribution in [-0.2, 0) is 18.9 Å². The summed E-state index contributed by atoms with van der Waals surface area (Å²) in [6.07, 6.45) is 6.81. The number of ether oxygens (including phenoxy) is 4. The largest absolute Gasteiger partial charge is 0.352 e. The highest BCUT2D eigenvalue weighted by Crippen LogP contribution is 2.25. The molecule has 0 spiro atoms. The summed E-state index contributed by atoms with van der Waals surface area (Å²) in [7, 11) is 0. The molecule has 0 aliphatic heterocycles. The van der Waals surface area contributed by atoms with Gasteiger partial charge in [-0.3, -0.25) is 0 Å². The van der Waals surface area contributed by atoms with Crippen molar-refractivity contribution in [3.63, 3.8) is 0 Å². The summed E-state index contributed by atoms with van der Waals surface area (Å²) in [5.74, 6) is 0.126. The highest BCUT2D eigenvalue weighted by molar-refractivity contribution is 4.69. The first kappa shape index (κ1) is 21.8. The molecule has 0 fully saturated rings. The van der Waals surface area contributed by atoms with E-state index in [-0.39, 0.29) is 18.5 Å². The molecule has 0 N–H and O–H groups in total. The lowest BCUT2D eigenvalue weighted by molar-refractivity contribution is -0.248. The number of unbranched alkanes of at least 4 members (excludes halogenated alkanes) is 4. The van der Waals surface area contributed by atoms with Crippen molar-refractivity contribution in [3.05, 3.63) is 0 Å².